The molecule has 12 heavy (non-hydrogen) atoms. The molecule has 0 aromatic carbocycles. The van der Waals surface area contributed by atoms with Crippen molar-refractivity contribution in [3.8, 4) is 0 Å². The summed E-state index contributed by atoms with van der Waals surface area (Å²) in [5.74, 6) is 0. The molecule has 0 fully saturated rings. The van der Waals surface area contributed by atoms with Crippen LogP contribution in [0.3, 0.4) is 0 Å². The molecule has 0 aliphatic rings. The van der Waals surface area contributed by atoms with E-state index in [4.69, 9.17) is 8.85 Å². The lowest BCUT2D eigenvalue weighted by Crippen LogP contribution is -2.43. The van der Waals surface area contributed by atoms with Crippen molar-refractivity contribution in [1.29, 1.82) is 0 Å². The van der Waals surface area contributed by atoms with Crippen LogP contribution in [0.1, 0.15) is 33.6 Å². The lowest BCUT2D eigenvalue weighted by atomic mass is 10.3. The van der Waals surface area contributed by atoms with Gasteiger partial charge >= 0.3 is 8.56 Å². The lowest BCUT2D eigenvalue weighted by molar-refractivity contribution is 0.229. The zero-order valence-corrected chi connectivity index (χ0v) is 10.0. The standard InChI is InChI=1S/C9H22O2Si/c1-6-8-9(3)12(7-2,10-4)11-5/h9H,6-8H2,1-5H3. The van der Waals surface area contributed by atoms with E-state index in [0.29, 0.717) is 5.54 Å². The second-order valence-corrected chi connectivity index (χ2v) is 7.40. The first-order valence-corrected chi connectivity index (χ1v) is 6.87. The van der Waals surface area contributed by atoms with Crippen LogP contribution in [0.25, 0.3) is 0 Å². The van der Waals surface area contributed by atoms with Gasteiger partial charge in [0.05, 0.1) is 0 Å². The van der Waals surface area contributed by atoms with Crippen LogP contribution in [-0.2, 0) is 8.85 Å². The first-order chi connectivity index (χ1) is 5.66. The molecule has 0 bridgehead atoms. The van der Waals surface area contributed by atoms with Gasteiger partial charge in [0.2, 0.25) is 0 Å². The summed E-state index contributed by atoms with van der Waals surface area (Å²) in [5.41, 5.74) is 0.600. The Hall–Kier alpha value is 0.137. The molecule has 0 saturated carbocycles. The Morgan fingerprint density at radius 3 is 1.92 bits per heavy atom. The van der Waals surface area contributed by atoms with Crippen LogP contribution in [0.5, 0.6) is 0 Å². The van der Waals surface area contributed by atoms with Gasteiger partial charge in [-0.2, -0.15) is 0 Å². The van der Waals surface area contributed by atoms with E-state index in [1.54, 1.807) is 14.2 Å². The first-order valence-electron chi connectivity index (χ1n) is 4.77. The highest BCUT2D eigenvalue weighted by atomic mass is 28.4. The molecule has 0 aliphatic carbocycles. The maximum Gasteiger partial charge on any atom is 0.340 e. The van der Waals surface area contributed by atoms with Gasteiger partial charge in [0.1, 0.15) is 0 Å². The molecule has 0 saturated heterocycles. The summed E-state index contributed by atoms with van der Waals surface area (Å²) >= 11 is 0. The van der Waals surface area contributed by atoms with Crippen molar-refractivity contribution in [3.63, 3.8) is 0 Å². The number of rotatable bonds is 6. The van der Waals surface area contributed by atoms with Crippen LogP contribution in [0, 0.1) is 0 Å². The van der Waals surface area contributed by atoms with Crippen molar-refractivity contribution < 1.29 is 8.85 Å². The van der Waals surface area contributed by atoms with E-state index in [9.17, 15) is 0 Å². The largest absolute Gasteiger partial charge is 0.397 e. The van der Waals surface area contributed by atoms with E-state index >= 15 is 0 Å². The monoisotopic (exact) mass is 190 g/mol. The summed E-state index contributed by atoms with van der Waals surface area (Å²) in [5, 5.41) is 0. The molecule has 0 aromatic rings. The molecule has 0 radical (unpaired) electrons. The van der Waals surface area contributed by atoms with Crippen molar-refractivity contribution in [1.82, 2.24) is 0 Å². The Morgan fingerprint density at radius 2 is 1.67 bits per heavy atom. The fraction of sp³-hybridized carbons (Fsp3) is 1.00. The Kier molecular flexibility index (Phi) is 5.79. The molecule has 1 atom stereocenters. The van der Waals surface area contributed by atoms with Gasteiger partial charge in [0.15, 0.2) is 0 Å². The van der Waals surface area contributed by atoms with Crippen molar-refractivity contribution in [2.75, 3.05) is 14.2 Å². The average molecular weight is 190 g/mol. The molecule has 1 unspecified atom stereocenters. The highest BCUT2D eigenvalue weighted by Gasteiger charge is 2.39. The van der Waals surface area contributed by atoms with Gasteiger partial charge in [-0.1, -0.05) is 27.2 Å². The quantitative estimate of drug-likeness (QED) is 0.600. The van der Waals surface area contributed by atoms with E-state index < -0.39 is 8.56 Å². The van der Waals surface area contributed by atoms with E-state index in [1.807, 2.05) is 0 Å². The average Bonchev–Trinajstić information content (AvgIpc) is 2.09. The van der Waals surface area contributed by atoms with E-state index in [2.05, 4.69) is 20.8 Å². The third-order valence-electron chi connectivity index (χ3n) is 2.66. The molecule has 2 nitrogen and oxygen atoms in total. The minimum absolute atomic E-state index is 0.600. The third kappa shape index (κ3) is 2.57. The normalized spacial score (nSPS) is 14.8. The molecular formula is C9H22O2Si. The minimum Gasteiger partial charge on any atom is -0.397 e. The molecule has 0 amide bonds. The van der Waals surface area contributed by atoms with Gasteiger partial charge in [0, 0.05) is 14.2 Å². The van der Waals surface area contributed by atoms with Crippen molar-refractivity contribution in [2.24, 2.45) is 0 Å². The van der Waals surface area contributed by atoms with Crippen LogP contribution in [0.4, 0.5) is 0 Å². The van der Waals surface area contributed by atoms with Gasteiger partial charge in [-0.25, -0.2) is 0 Å². The predicted molar refractivity (Wildman–Crippen MR) is 54.6 cm³/mol. The van der Waals surface area contributed by atoms with Gasteiger partial charge in [-0.05, 0) is 18.0 Å². The van der Waals surface area contributed by atoms with E-state index in [1.165, 1.54) is 12.8 Å². The highest BCUT2D eigenvalue weighted by molar-refractivity contribution is 6.68. The number of hydrogen-bond acceptors (Lipinski definition) is 2. The summed E-state index contributed by atoms with van der Waals surface area (Å²) in [4.78, 5) is 0. The summed E-state index contributed by atoms with van der Waals surface area (Å²) in [6.45, 7) is 6.61. The second-order valence-electron chi connectivity index (χ2n) is 3.26. The molecule has 0 aromatic heterocycles. The zero-order chi connectivity index (χ0) is 9.61. The Labute approximate surface area is 77.5 Å². The minimum atomic E-state index is -1.84. The molecule has 74 valence electrons. The highest BCUT2D eigenvalue weighted by Crippen LogP contribution is 2.30. The van der Waals surface area contributed by atoms with Crippen molar-refractivity contribution in [3.05, 3.63) is 0 Å². The van der Waals surface area contributed by atoms with Gasteiger partial charge < -0.3 is 8.85 Å². The molecular weight excluding hydrogens is 168 g/mol. The maximum atomic E-state index is 5.57. The third-order valence-corrected chi connectivity index (χ3v) is 6.81. The SMILES string of the molecule is CCCC(C)[Si](CC)(OC)OC. The van der Waals surface area contributed by atoms with Crippen LogP contribution >= 0.6 is 0 Å². The molecule has 3 heteroatoms. The van der Waals surface area contributed by atoms with Crippen molar-refractivity contribution in [2.45, 2.75) is 45.2 Å². The Bertz CT molecular complexity index is 105. The van der Waals surface area contributed by atoms with Crippen molar-refractivity contribution >= 4 is 8.56 Å². The van der Waals surface area contributed by atoms with Crippen LogP contribution < -0.4 is 0 Å². The number of hydrogen-bond donors (Lipinski definition) is 0. The zero-order valence-electron chi connectivity index (χ0n) is 9.02. The fourth-order valence-corrected chi connectivity index (χ4v) is 4.75. The second kappa shape index (κ2) is 5.73. The van der Waals surface area contributed by atoms with Gasteiger partial charge in [0.25, 0.3) is 0 Å². The predicted octanol–water partition coefficient (Wildman–Crippen LogP) is 2.93. The molecule has 0 spiro atoms. The summed E-state index contributed by atoms with van der Waals surface area (Å²) in [7, 11) is 1.72. The van der Waals surface area contributed by atoms with Crippen LogP contribution in [0.15, 0.2) is 0 Å². The van der Waals surface area contributed by atoms with Gasteiger partial charge in [-0.3, -0.25) is 0 Å². The molecule has 0 aliphatic heterocycles. The molecule has 0 N–H and O–H groups in total. The van der Waals surface area contributed by atoms with E-state index in [-0.39, 0.29) is 0 Å². The summed E-state index contributed by atoms with van der Waals surface area (Å²) < 4.78 is 11.1. The fourth-order valence-electron chi connectivity index (χ4n) is 1.78. The molecule has 0 heterocycles. The summed E-state index contributed by atoms with van der Waals surface area (Å²) in [6, 6.07) is 1.04. The Morgan fingerprint density at radius 1 is 1.17 bits per heavy atom. The lowest BCUT2D eigenvalue weighted by Gasteiger charge is -2.31. The van der Waals surface area contributed by atoms with E-state index in [0.717, 1.165) is 6.04 Å². The first kappa shape index (κ1) is 12.1. The van der Waals surface area contributed by atoms with Gasteiger partial charge in [-0.15, -0.1) is 0 Å². The smallest absolute Gasteiger partial charge is 0.340 e. The summed E-state index contributed by atoms with van der Waals surface area (Å²) in [6.07, 6.45) is 2.42. The van der Waals surface area contributed by atoms with Crippen LogP contribution in [0.2, 0.25) is 11.6 Å². The Balaban J connectivity index is 4.24. The maximum absolute atomic E-state index is 5.57. The van der Waals surface area contributed by atoms with Crippen LogP contribution in [-0.4, -0.2) is 22.8 Å². The topological polar surface area (TPSA) is 18.5 Å². The molecule has 0 rings (SSSR count).